The molecule has 0 fully saturated rings. The van der Waals surface area contributed by atoms with E-state index in [0.29, 0.717) is 22.7 Å². The Kier molecular flexibility index (Phi) is 10.8. The maximum atomic E-state index is 14.7. The first-order chi connectivity index (χ1) is 16.8. The third kappa shape index (κ3) is 9.15. The number of alkyl carbamates (subject to hydrolysis) is 1. The molecule has 0 atom stereocenters. The first kappa shape index (κ1) is 29.7. The van der Waals surface area contributed by atoms with Gasteiger partial charge in [-0.05, 0) is 84.4 Å². The van der Waals surface area contributed by atoms with Crippen LogP contribution in [0, 0.1) is 6.92 Å². The lowest BCUT2D eigenvalue weighted by Gasteiger charge is -2.19. The number of amides is 1. The van der Waals surface area contributed by atoms with Gasteiger partial charge in [-0.15, -0.1) is 0 Å². The average Bonchev–Trinajstić information content (AvgIpc) is 3.03. The first-order valence-electron chi connectivity index (χ1n) is 11.5. The third-order valence-electron chi connectivity index (χ3n) is 4.65. The molecule has 1 amide bonds. The minimum atomic E-state index is -0.653. The number of aromatic nitrogens is 2. The van der Waals surface area contributed by atoms with E-state index in [1.807, 2.05) is 36.6 Å². The normalized spacial score (nSPS) is 12.1. The number of hydrogen-bond donors (Lipinski definition) is 1. The average molecular weight is 541 g/mol. The summed E-state index contributed by atoms with van der Waals surface area (Å²) in [5.41, 5.74) is 1.63. The van der Waals surface area contributed by atoms with E-state index in [-0.39, 0.29) is 25.4 Å². The molecule has 0 unspecified atom stereocenters. The van der Waals surface area contributed by atoms with Crippen molar-refractivity contribution >= 4 is 35.6 Å². The van der Waals surface area contributed by atoms with Gasteiger partial charge in [0.2, 0.25) is 0 Å². The molecule has 2 rings (SSSR count). The van der Waals surface area contributed by atoms with Crippen molar-refractivity contribution in [3.63, 3.8) is 0 Å². The zero-order valence-electron chi connectivity index (χ0n) is 21.8. The van der Waals surface area contributed by atoms with Gasteiger partial charge in [0, 0.05) is 23.4 Å². The zero-order valence-corrected chi connectivity index (χ0v) is 23.3. The largest absolute Gasteiger partial charge is 0.461 e. The molecule has 0 bridgehead atoms. The summed E-state index contributed by atoms with van der Waals surface area (Å²) in [6.07, 6.45) is 0.929. The predicted molar refractivity (Wildman–Crippen MR) is 140 cm³/mol. The SMILES string of the molecule is CCOC(=O)c1c(Cc2ccc(SN(C)C)c(Cl)c2)c(C)nn1C/C(F)=C/CNC(=O)OC(C)(C)C. The van der Waals surface area contributed by atoms with E-state index in [4.69, 9.17) is 21.1 Å². The molecule has 0 radical (unpaired) electrons. The number of aryl methyl sites for hydroxylation is 1. The Balaban J connectivity index is 2.25. The molecule has 11 heteroatoms. The predicted octanol–water partition coefficient (Wildman–Crippen LogP) is 5.56. The minimum absolute atomic E-state index is 0.0710. The van der Waals surface area contributed by atoms with Crippen molar-refractivity contribution in [1.29, 1.82) is 0 Å². The number of rotatable bonds is 10. The van der Waals surface area contributed by atoms with Crippen molar-refractivity contribution in [2.75, 3.05) is 27.2 Å². The molecule has 36 heavy (non-hydrogen) atoms. The number of hydrogen-bond acceptors (Lipinski definition) is 7. The number of halogens is 2. The molecular formula is C25H34ClFN4O4S. The van der Waals surface area contributed by atoms with Crippen LogP contribution in [0.3, 0.4) is 0 Å². The zero-order chi connectivity index (χ0) is 27.0. The Labute approximate surface area is 221 Å². The van der Waals surface area contributed by atoms with Crippen LogP contribution in [0.2, 0.25) is 5.02 Å². The lowest BCUT2D eigenvalue weighted by Crippen LogP contribution is -2.32. The van der Waals surface area contributed by atoms with Crippen LogP contribution in [0.15, 0.2) is 35.0 Å². The summed E-state index contributed by atoms with van der Waals surface area (Å²) in [5, 5.41) is 7.47. The van der Waals surface area contributed by atoms with E-state index in [9.17, 15) is 14.0 Å². The second-order valence-corrected chi connectivity index (χ2v) is 10.9. The van der Waals surface area contributed by atoms with Crippen LogP contribution >= 0.6 is 23.5 Å². The summed E-state index contributed by atoms with van der Waals surface area (Å²) in [7, 11) is 3.86. The molecule has 1 aromatic carbocycles. The molecule has 0 saturated heterocycles. The van der Waals surface area contributed by atoms with Crippen molar-refractivity contribution in [1.82, 2.24) is 19.4 Å². The van der Waals surface area contributed by atoms with Gasteiger partial charge < -0.3 is 14.8 Å². The third-order valence-corrected chi connectivity index (χ3v) is 5.99. The molecule has 0 aliphatic rings. The van der Waals surface area contributed by atoms with E-state index in [1.165, 1.54) is 22.7 Å². The Morgan fingerprint density at radius 3 is 2.58 bits per heavy atom. The van der Waals surface area contributed by atoms with Crippen molar-refractivity contribution in [2.45, 2.75) is 58.1 Å². The van der Waals surface area contributed by atoms with Gasteiger partial charge in [-0.1, -0.05) is 17.7 Å². The van der Waals surface area contributed by atoms with E-state index in [0.717, 1.165) is 10.5 Å². The number of carbonyl (C=O) groups excluding carboxylic acids is 2. The van der Waals surface area contributed by atoms with E-state index in [1.54, 1.807) is 34.6 Å². The van der Waals surface area contributed by atoms with Gasteiger partial charge >= 0.3 is 12.1 Å². The summed E-state index contributed by atoms with van der Waals surface area (Å²) in [6.45, 7) is 8.49. The number of carbonyl (C=O) groups is 2. The molecule has 0 aliphatic heterocycles. The second-order valence-electron chi connectivity index (χ2n) is 9.17. The number of benzene rings is 1. The van der Waals surface area contributed by atoms with Gasteiger partial charge in [-0.25, -0.2) is 14.0 Å². The molecule has 2 aromatic rings. The topological polar surface area (TPSA) is 85.7 Å². The number of nitrogens with one attached hydrogen (secondary N) is 1. The van der Waals surface area contributed by atoms with Gasteiger partial charge in [-0.2, -0.15) is 5.10 Å². The van der Waals surface area contributed by atoms with Crippen molar-refractivity contribution in [3.05, 3.63) is 57.6 Å². The van der Waals surface area contributed by atoms with Crippen molar-refractivity contribution < 1.29 is 23.5 Å². The maximum absolute atomic E-state index is 14.7. The van der Waals surface area contributed by atoms with Gasteiger partial charge in [-0.3, -0.25) is 8.99 Å². The van der Waals surface area contributed by atoms with Gasteiger partial charge in [0.05, 0.1) is 23.9 Å². The highest BCUT2D eigenvalue weighted by atomic mass is 35.5. The summed E-state index contributed by atoms with van der Waals surface area (Å²) < 4.78 is 28.3. The van der Waals surface area contributed by atoms with Crippen LogP contribution in [-0.4, -0.2) is 59.0 Å². The molecule has 1 aromatic heterocycles. The Morgan fingerprint density at radius 1 is 1.31 bits per heavy atom. The summed E-state index contributed by atoms with van der Waals surface area (Å²) in [6, 6.07) is 5.71. The number of allylic oxidation sites excluding steroid dienone is 1. The Hall–Kier alpha value is -2.56. The smallest absolute Gasteiger partial charge is 0.407 e. The molecule has 0 saturated carbocycles. The van der Waals surface area contributed by atoms with Gasteiger partial charge in [0.25, 0.3) is 0 Å². The maximum Gasteiger partial charge on any atom is 0.407 e. The van der Waals surface area contributed by atoms with E-state index >= 15 is 0 Å². The van der Waals surface area contributed by atoms with Crippen LogP contribution in [0.5, 0.6) is 0 Å². The van der Waals surface area contributed by atoms with Gasteiger partial charge in [0.1, 0.15) is 11.4 Å². The minimum Gasteiger partial charge on any atom is -0.461 e. The molecule has 1 N–H and O–H groups in total. The van der Waals surface area contributed by atoms with Crippen LogP contribution in [-0.2, 0) is 22.4 Å². The van der Waals surface area contributed by atoms with Crippen LogP contribution < -0.4 is 5.32 Å². The molecule has 1 heterocycles. The highest BCUT2D eigenvalue weighted by molar-refractivity contribution is 7.97. The van der Waals surface area contributed by atoms with Crippen molar-refractivity contribution in [3.8, 4) is 0 Å². The van der Waals surface area contributed by atoms with Crippen molar-refractivity contribution in [2.24, 2.45) is 0 Å². The molecule has 0 aliphatic carbocycles. The van der Waals surface area contributed by atoms with E-state index < -0.39 is 23.5 Å². The fourth-order valence-corrected chi connectivity index (χ4v) is 4.24. The Bertz CT molecular complexity index is 1110. The van der Waals surface area contributed by atoms with Gasteiger partial charge in [0.15, 0.2) is 5.69 Å². The fourth-order valence-electron chi connectivity index (χ4n) is 3.27. The molecule has 8 nitrogen and oxygen atoms in total. The fraction of sp³-hybridized carbons (Fsp3) is 0.480. The number of nitrogens with zero attached hydrogens (tertiary/aromatic N) is 3. The van der Waals surface area contributed by atoms with Crippen LogP contribution in [0.4, 0.5) is 9.18 Å². The number of ether oxygens (including phenoxy) is 2. The molecule has 0 spiro atoms. The van der Waals surface area contributed by atoms with Crippen LogP contribution in [0.1, 0.15) is 55.0 Å². The highest BCUT2D eigenvalue weighted by Gasteiger charge is 2.24. The summed E-state index contributed by atoms with van der Waals surface area (Å²) >= 11 is 7.96. The number of esters is 1. The standard InChI is InChI=1S/C25H34ClFN4O4S/c1-8-34-23(32)22-19(13-17-9-10-21(20(26)14-17)36-30(6)7)16(2)29-31(22)15-18(27)11-12-28-24(33)35-25(3,4)5/h9-11,14H,8,12-13,15H2,1-7H3,(H,28,33)/b18-11-. The lowest BCUT2D eigenvalue weighted by atomic mass is 10.0. The second kappa shape index (κ2) is 13.1. The van der Waals surface area contributed by atoms with Crippen LogP contribution in [0.25, 0.3) is 0 Å². The highest BCUT2D eigenvalue weighted by Crippen LogP contribution is 2.30. The quantitative estimate of drug-likeness (QED) is 0.312. The molecular weight excluding hydrogens is 507 g/mol. The van der Waals surface area contributed by atoms with E-state index in [2.05, 4.69) is 10.4 Å². The summed E-state index contributed by atoms with van der Waals surface area (Å²) in [4.78, 5) is 25.5. The first-order valence-corrected chi connectivity index (χ1v) is 12.6. The lowest BCUT2D eigenvalue weighted by molar-refractivity contribution is 0.0507. The molecule has 198 valence electrons. The summed E-state index contributed by atoms with van der Waals surface area (Å²) in [5.74, 6) is -1.16. The Morgan fingerprint density at radius 2 is 2.00 bits per heavy atom. The monoisotopic (exact) mass is 540 g/mol.